The van der Waals surface area contributed by atoms with Gasteiger partial charge in [0.25, 0.3) is 0 Å². The fraction of sp³-hybridized carbons (Fsp3) is 0.391. The van der Waals surface area contributed by atoms with Gasteiger partial charge in [0, 0.05) is 5.56 Å². The Morgan fingerprint density at radius 3 is 2.31 bits per heavy atom. The number of unbranched alkanes of at least 4 members (excludes halogenated alkanes) is 2. The van der Waals surface area contributed by atoms with E-state index in [9.17, 15) is 4.79 Å². The van der Waals surface area contributed by atoms with Gasteiger partial charge >= 0.3 is 5.97 Å². The number of nitrogens with zero attached hydrogens (tertiary/aromatic N) is 1. The van der Waals surface area contributed by atoms with E-state index in [-0.39, 0.29) is 13.2 Å². The first-order valence-corrected chi connectivity index (χ1v) is 9.87. The lowest BCUT2D eigenvalue weighted by Gasteiger charge is -2.28. The number of rotatable bonds is 8. The molecule has 0 bridgehead atoms. The zero-order valence-corrected chi connectivity index (χ0v) is 16.5. The van der Waals surface area contributed by atoms with Gasteiger partial charge in [0.2, 0.25) is 0 Å². The van der Waals surface area contributed by atoms with E-state index >= 15 is 0 Å². The van der Waals surface area contributed by atoms with Crippen LogP contribution in [-0.4, -0.2) is 25.8 Å². The minimum Gasteiger partial charge on any atom is -0.494 e. The molecule has 0 unspecified atom stereocenters. The second kappa shape index (κ2) is 10.6. The monoisotopic (exact) mass is 395 g/mol. The lowest BCUT2D eigenvalue weighted by atomic mass is 10.1. The van der Waals surface area contributed by atoms with Crippen molar-refractivity contribution in [2.75, 3.05) is 19.8 Å². The highest BCUT2D eigenvalue weighted by Crippen LogP contribution is 2.27. The molecular weight excluding hydrogens is 370 g/mol. The van der Waals surface area contributed by atoms with Gasteiger partial charge in [-0.2, -0.15) is 5.26 Å². The Labute approximate surface area is 171 Å². The van der Waals surface area contributed by atoms with Crippen molar-refractivity contribution in [3.05, 3.63) is 59.7 Å². The van der Waals surface area contributed by atoms with Gasteiger partial charge in [0.1, 0.15) is 17.4 Å². The summed E-state index contributed by atoms with van der Waals surface area (Å²) < 4.78 is 22.5. The molecule has 0 amide bonds. The van der Waals surface area contributed by atoms with E-state index in [1.807, 2.05) is 30.3 Å². The highest BCUT2D eigenvalue weighted by atomic mass is 16.7. The molecule has 2 aromatic carbocycles. The standard InChI is InChI=1S/C23H25NO5/c1-2-3-4-13-26-20-11-7-18(8-12-20)23-27-15-19(16-28-23)22(25)29-21-9-5-17(14-24)6-10-21/h5-12,19,23H,2-4,13,15-16H2,1H3/t19-,23-. The molecule has 0 radical (unpaired) electrons. The molecule has 0 aliphatic carbocycles. The molecule has 1 aliphatic rings. The second-order valence-electron chi connectivity index (χ2n) is 6.88. The van der Waals surface area contributed by atoms with Crippen molar-refractivity contribution in [3.63, 3.8) is 0 Å². The predicted octanol–water partition coefficient (Wildman–Crippen LogP) is 4.39. The van der Waals surface area contributed by atoms with E-state index < -0.39 is 18.2 Å². The van der Waals surface area contributed by atoms with Crippen LogP contribution in [0.25, 0.3) is 0 Å². The summed E-state index contributed by atoms with van der Waals surface area (Å²) in [5.74, 6) is 0.308. The van der Waals surface area contributed by atoms with Crippen molar-refractivity contribution >= 4 is 5.97 Å². The average Bonchev–Trinajstić information content (AvgIpc) is 2.78. The number of hydrogen-bond acceptors (Lipinski definition) is 6. The Bertz CT molecular complexity index is 818. The zero-order chi connectivity index (χ0) is 20.5. The molecule has 6 heteroatoms. The molecule has 0 saturated carbocycles. The van der Waals surface area contributed by atoms with E-state index in [1.54, 1.807) is 24.3 Å². The van der Waals surface area contributed by atoms with Crippen LogP contribution in [-0.2, 0) is 14.3 Å². The van der Waals surface area contributed by atoms with Crippen LogP contribution >= 0.6 is 0 Å². The van der Waals surface area contributed by atoms with Crippen molar-refractivity contribution in [1.29, 1.82) is 5.26 Å². The minimum absolute atomic E-state index is 0.217. The Morgan fingerprint density at radius 1 is 1.03 bits per heavy atom. The van der Waals surface area contributed by atoms with Crippen LogP contribution < -0.4 is 9.47 Å². The quantitative estimate of drug-likeness (QED) is 0.375. The topological polar surface area (TPSA) is 77.8 Å². The Hall–Kier alpha value is -2.88. The third-order valence-electron chi connectivity index (χ3n) is 4.60. The molecule has 152 valence electrons. The lowest BCUT2D eigenvalue weighted by molar-refractivity contribution is -0.210. The van der Waals surface area contributed by atoms with Crippen molar-refractivity contribution in [3.8, 4) is 17.6 Å². The maximum Gasteiger partial charge on any atom is 0.319 e. The number of ether oxygens (including phenoxy) is 4. The van der Waals surface area contributed by atoms with Gasteiger partial charge in [-0.05, 0) is 42.8 Å². The fourth-order valence-corrected chi connectivity index (χ4v) is 2.89. The van der Waals surface area contributed by atoms with Gasteiger partial charge in [-0.3, -0.25) is 4.79 Å². The normalized spacial score (nSPS) is 18.6. The summed E-state index contributed by atoms with van der Waals surface area (Å²) in [5.41, 5.74) is 1.39. The maximum atomic E-state index is 12.3. The Kier molecular flexibility index (Phi) is 7.62. The summed E-state index contributed by atoms with van der Waals surface area (Å²) in [7, 11) is 0. The molecule has 1 saturated heterocycles. The molecule has 0 N–H and O–H groups in total. The van der Waals surface area contributed by atoms with Gasteiger partial charge in [-0.25, -0.2) is 0 Å². The number of benzene rings is 2. The average molecular weight is 395 g/mol. The second-order valence-corrected chi connectivity index (χ2v) is 6.88. The van der Waals surface area contributed by atoms with Crippen LogP contribution in [0.5, 0.6) is 11.5 Å². The van der Waals surface area contributed by atoms with E-state index in [2.05, 4.69) is 6.92 Å². The van der Waals surface area contributed by atoms with E-state index in [1.165, 1.54) is 6.42 Å². The molecular formula is C23H25NO5. The van der Waals surface area contributed by atoms with Gasteiger partial charge in [-0.1, -0.05) is 31.9 Å². The smallest absolute Gasteiger partial charge is 0.319 e. The van der Waals surface area contributed by atoms with Crippen molar-refractivity contribution < 1.29 is 23.7 Å². The summed E-state index contributed by atoms with van der Waals surface area (Å²) in [6.45, 7) is 3.31. The minimum atomic E-state index is -0.511. The van der Waals surface area contributed by atoms with E-state index in [4.69, 9.17) is 24.2 Å². The van der Waals surface area contributed by atoms with Crippen molar-refractivity contribution in [1.82, 2.24) is 0 Å². The van der Waals surface area contributed by atoms with Crippen molar-refractivity contribution in [2.24, 2.45) is 5.92 Å². The third kappa shape index (κ3) is 6.05. The largest absolute Gasteiger partial charge is 0.494 e. The molecule has 0 spiro atoms. The molecule has 29 heavy (non-hydrogen) atoms. The van der Waals surface area contributed by atoms with Crippen LogP contribution in [0.3, 0.4) is 0 Å². The van der Waals surface area contributed by atoms with Crippen LogP contribution in [0, 0.1) is 17.2 Å². The number of carbonyl (C=O) groups is 1. The molecule has 1 fully saturated rings. The molecule has 3 rings (SSSR count). The van der Waals surface area contributed by atoms with E-state index in [0.717, 1.165) is 24.2 Å². The van der Waals surface area contributed by atoms with Gasteiger partial charge < -0.3 is 18.9 Å². The van der Waals surface area contributed by atoms with Gasteiger partial charge in [-0.15, -0.1) is 0 Å². The number of nitriles is 1. The number of esters is 1. The first kappa shape index (κ1) is 20.8. The highest BCUT2D eigenvalue weighted by Gasteiger charge is 2.30. The third-order valence-corrected chi connectivity index (χ3v) is 4.60. The summed E-state index contributed by atoms with van der Waals surface area (Å²) in [6, 6.07) is 16.0. The van der Waals surface area contributed by atoms with Gasteiger partial charge in [0.15, 0.2) is 6.29 Å². The number of hydrogen-bond donors (Lipinski definition) is 0. The highest BCUT2D eigenvalue weighted by molar-refractivity contribution is 5.75. The summed E-state index contributed by atoms with van der Waals surface area (Å²) in [5, 5.41) is 8.81. The molecule has 2 aromatic rings. The SMILES string of the molecule is CCCCCOc1ccc([C@H]2OC[C@H](C(=O)Oc3ccc(C#N)cc3)CO2)cc1. The maximum absolute atomic E-state index is 12.3. The van der Waals surface area contributed by atoms with E-state index in [0.29, 0.717) is 17.9 Å². The van der Waals surface area contributed by atoms with Gasteiger partial charge in [0.05, 0.1) is 31.5 Å². The molecule has 6 nitrogen and oxygen atoms in total. The fourth-order valence-electron chi connectivity index (χ4n) is 2.89. The Balaban J connectivity index is 1.45. The lowest BCUT2D eigenvalue weighted by Crippen LogP contribution is -2.35. The van der Waals surface area contributed by atoms with Crippen LogP contribution in [0.15, 0.2) is 48.5 Å². The zero-order valence-electron chi connectivity index (χ0n) is 16.5. The van der Waals surface area contributed by atoms with Crippen LogP contribution in [0.1, 0.15) is 43.6 Å². The Morgan fingerprint density at radius 2 is 1.69 bits per heavy atom. The molecule has 1 aliphatic heterocycles. The summed E-state index contributed by atoms with van der Waals surface area (Å²) in [4.78, 5) is 12.3. The predicted molar refractivity (Wildman–Crippen MR) is 106 cm³/mol. The first-order chi connectivity index (χ1) is 14.2. The molecule has 1 heterocycles. The van der Waals surface area contributed by atoms with Crippen LogP contribution in [0.4, 0.5) is 0 Å². The number of carbonyl (C=O) groups excluding carboxylic acids is 1. The molecule has 0 atom stereocenters. The van der Waals surface area contributed by atoms with Crippen LogP contribution in [0.2, 0.25) is 0 Å². The summed E-state index contributed by atoms with van der Waals surface area (Å²) in [6.07, 6.45) is 2.87. The summed E-state index contributed by atoms with van der Waals surface area (Å²) >= 11 is 0. The first-order valence-electron chi connectivity index (χ1n) is 9.87. The van der Waals surface area contributed by atoms with Crippen molar-refractivity contribution in [2.45, 2.75) is 32.5 Å². The molecule has 0 aromatic heterocycles.